The second kappa shape index (κ2) is 13.1. The molecule has 6 heteroatoms. The van der Waals surface area contributed by atoms with Crippen LogP contribution in [0.4, 0.5) is 0 Å². The lowest BCUT2D eigenvalue weighted by Gasteiger charge is -2.13. The zero-order chi connectivity index (χ0) is 37.0. The molecule has 0 aliphatic heterocycles. The molecule has 6 nitrogen and oxygen atoms in total. The summed E-state index contributed by atoms with van der Waals surface area (Å²) in [6, 6.07) is 50.5. The monoisotopic (exact) mass is 716 g/mol. The molecule has 262 valence electrons. The molecular formula is C50H32N6. The van der Waals surface area contributed by atoms with Gasteiger partial charge in [-0.25, -0.2) is 19.9 Å². The Kier molecular flexibility index (Phi) is 7.52. The quantitative estimate of drug-likeness (QED) is 0.165. The van der Waals surface area contributed by atoms with Crippen LogP contribution in [0.15, 0.2) is 164 Å². The van der Waals surface area contributed by atoms with Gasteiger partial charge in [0.25, 0.3) is 0 Å². The predicted octanol–water partition coefficient (Wildman–Crippen LogP) is 12.0. The predicted molar refractivity (Wildman–Crippen MR) is 228 cm³/mol. The smallest absolute Gasteiger partial charge is 0.160 e. The second-order valence-electron chi connectivity index (χ2n) is 14.3. The zero-order valence-electron chi connectivity index (χ0n) is 30.3. The summed E-state index contributed by atoms with van der Waals surface area (Å²) in [6.07, 6.45) is 10.1. The van der Waals surface area contributed by atoms with Gasteiger partial charge in [0.05, 0.1) is 45.0 Å². The number of hydrogen-bond donors (Lipinski definition) is 0. The van der Waals surface area contributed by atoms with Crippen molar-refractivity contribution in [3.05, 3.63) is 175 Å². The topological polar surface area (TPSA) is 77.3 Å². The van der Waals surface area contributed by atoms with Crippen LogP contribution >= 0.6 is 0 Å². The third-order valence-corrected chi connectivity index (χ3v) is 10.7. The Bertz CT molecular complexity index is 3220. The molecule has 0 saturated heterocycles. The molecule has 0 amide bonds. The summed E-state index contributed by atoms with van der Waals surface area (Å²) in [7, 11) is 0. The van der Waals surface area contributed by atoms with Gasteiger partial charge >= 0.3 is 0 Å². The average Bonchev–Trinajstić information content (AvgIpc) is 3.28. The number of para-hydroxylation sites is 1. The van der Waals surface area contributed by atoms with E-state index in [1.807, 2.05) is 30.6 Å². The van der Waals surface area contributed by atoms with E-state index in [-0.39, 0.29) is 0 Å². The Balaban J connectivity index is 1.02. The van der Waals surface area contributed by atoms with Crippen LogP contribution in [-0.2, 0) is 6.42 Å². The van der Waals surface area contributed by atoms with E-state index in [0.717, 1.165) is 102 Å². The van der Waals surface area contributed by atoms with Crippen molar-refractivity contribution in [1.82, 2.24) is 29.9 Å². The van der Waals surface area contributed by atoms with E-state index in [1.165, 1.54) is 16.3 Å². The number of rotatable bonds is 5. The van der Waals surface area contributed by atoms with Crippen LogP contribution in [0.2, 0.25) is 0 Å². The summed E-state index contributed by atoms with van der Waals surface area (Å²) in [5, 5.41) is 5.55. The van der Waals surface area contributed by atoms with Crippen molar-refractivity contribution in [1.29, 1.82) is 0 Å². The first-order valence-corrected chi connectivity index (χ1v) is 18.9. The van der Waals surface area contributed by atoms with Crippen LogP contribution in [-0.4, -0.2) is 29.9 Å². The maximum absolute atomic E-state index is 5.27. The van der Waals surface area contributed by atoms with E-state index in [4.69, 9.17) is 29.9 Å². The molecule has 5 aromatic heterocycles. The van der Waals surface area contributed by atoms with E-state index < -0.39 is 0 Å². The van der Waals surface area contributed by atoms with Crippen LogP contribution in [0.5, 0.6) is 0 Å². The van der Waals surface area contributed by atoms with Gasteiger partial charge in [0, 0.05) is 56.4 Å². The molecule has 5 aromatic carbocycles. The first-order chi connectivity index (χ1) is 27.7. The molecular weight excluding hydrogens is 685 g/mol. The summed E-state index contributed by atoms with van der Waals surface area (Å²) in [6.45, 7) is 0. The summed E-state index contributed by atoms with van der Waals surface area (Å²) in [5.74, 6) is 0.623. The SMILES string of the molecule is C1=Cc2ncc(-c3cc(-c4cnc5ccccc5c4)nc(-c4cccc(-c5ccc6ccc7ccc(-c8ccc9ccccc9c8)nc7c6n5)c4)n3)cc2CC1. The number of fused-ring (bicyclic) bond motifs is 6. The minimum atomic E-state index is 0.623. The highest BCUT2D eigenvalue weighted by Gasteiger charge is 2.16. The first-order valence-electron chi connectivity index (χ1n) is 18.9. The van der Waals surface area contributed by atoms with Gasteiger partial charge in [-0.05, 0) is 83.8 Å². The summed E-state index contributed by atoms with van der Waals surface area (Å²) in [5.41, 5.74) is 13.2. The van der Waals surface area contributed by atoms with Crippen molar-refractivity contribution in [3.63, 3.8) is 0 Å². The third kappa shape index (κ3) is 5.76. The second-order valence-corrected chi connectivity index (χ2v) is 14.3. The lowest BCUT2D eigenvalue weighted by atomic mass is 9.99. The van der Waals surface area contributed by atoms with Gasteiger partial charge < -0.3 is 0 Å². The number of aryl methyl sites for hydroxylation is 1. The number of pyridine rings is 4. The van der Waals surface area contributed by atoms with E-state index >= 15 is 0 Å². The summed E-state index contributed by atoms with van der Waals surface area (Å²) >= 11 is 0. The highest BCUT2D eigenvalue weighted by Crippen LogP contribution is 2.34. The molecule has 0 fully saturated rings. The van der Waals surface area contributed by atoms with E-state index in [1.54, 1.807) is 0 Å². The summed E-state index contributed by atoms with van der Waals surface area (Å²) < 4.78 is 0. The van der Waals surface area contributed by atoms with Crippen molar-refractivity contribution >= 4 is 49.6 Å². The first kappa shape index (κ1) is 32.0. The van der Waals surface area contributed by atoms with Crippen molar-refractivity contribution in [2.45, 2.75) is 12.8 Å². The third-order valence-electron chi connectivity index (χ3n) is 10.7. The highest BCUT2D eigenvalue weighted by atomic mass is 14.9. The van der Waals surface area contributed by atoms with Crippen LogP contribution < -0.4 is 0 Å². The Hall–Kier alpha value is -7.44. The molecule has 1 aliphatic rings. The molecule has 0 unspecified atom stereocenters. The van der Waals surface area contributed by atoms with Gasteiger partial charge in [-0.3, -0.25) is 9.97 Å². The number of hydrogen-bond acceptors (Lipinski definition) is 6. The number of nitrogens with zero attached hydrogens (tertiary/aromatic N) is 6. The zero-order valence-corrected chi connectivity index (χ0v) is 30.3. The van der Waals surface area contributed by atoms with Crippen LogP contribution in [0, 0.1) is 0 Å². The van der Waals surface area contributed by atoms with Crippen molar-refractivity contribution in [2.24, 2.45) is 0 Å². The van der Waals surface area contributed by atoms with Gasteiger partial charge in [0.1, 0.15) is 0 Å². The fourth-order valence-electron chi connectivity index (χ4n) is 7.78. The minimum Gasteiger partial charge on any atom is -0.256 e. The van der Waals surface area contributed by atoms with Gasteiger partial charge in [-0.15, -0.1) is 0 Å². The normalized spacial score (nSPS) is 12.4. The van der Waals surface area contributed by atoms with Crippen LogP contribution in [0.25, 0.3) is 106 Å². The van der Waals surface area contributed by atoms with E-state index in [0.29, 0.717) is 5.82 Å². The Morgan fingerprint density at radius 2 is 1.02 bits per heavy atom. The molecule has 11 rings (SSSR count). The Morgan fingerprint density at radius 3 is 1.82 bits per heavy atom. The van der Waals surface area contributed by atoms with Crippen molar-refractivity contribution in [3.8, 4) is 56.4 Å². The van der Waals surface area contributed by atoms with Crippen molar-refractivity contribution in [2.75, 3.05) is 0 Å². The van der Waals surface area contributed by atoms with E-state index in [9.17, 15) is 0 Å². The maximum Gasteiger partial charge on any atom is 0.160 e. The van der Waals surface area contributed by atoms with Gasteiger partial charge in [-0.2, -0.15) is 0 Å². The van der Waals surface area contributed by atoms with Crippen LogP contribution in [0.1, 0.15) is 17.7 Å². The lowest BCUT2D eigenvalue weighted by molar-refractivity contribution is 0.964. The molecule has 0 radical (unpaired) electrons. The minimum absolute atomic E-state index is 0.623. The molecule has 5 heterocycles. The van der Waals surface area contributed by atoms with Gasteiger partial charge in [-0.1, -0.05) is 103 Å². The standard InChI is InChI=1S/C50H32N6/c1-2-9-34-24-38(19-16-31(34)8-1)45-23-21-33-18-17-32-20-22-44(53-48(32)49(33)54-45)37-12-7-13-39(25-37)50-55-46(40-26-35-10-3-5-14-42(35)51-29-40)28-47(56-50)41-27-36-11-4-6-15-43(36)52-30-41/h1-3,5-10,12-30H,4,11H2. The van der Waals surface area contributed by atoms with Crippen molar-refractivity contribution < 1.29 is 0 Å². The fraction of sp³-hybridized carbons (Fsp3) is 0.0400. The molecule has 0 atom stereocenters. The summed E-state index contributed by atoms with van der Waals surface area (Å²) in [4.78, 5) is 30.4. The Labute approximate surface area is 323 Å². The molecule has 0 bridgehead atoms. The number of aromatic nitrogens is 6. The average molecular weight is 717 g/mol. The molecule has 10 aromatic rings. The Morgan fingerprint density at radius 1 is 0.393 bits per heavy atom. The molecule has 0 N–H and O–H groups in total. The largest absolute Gasteiger partial charge is 0.256 e. The molecule has 1 aliphatic carbocycles. The lowest BCUT2D eigenvalue weighted by Crippen LogP contribution is -2.00. The number of benzene rings is 5. The molecule has 0 saturated carbocycles. The van der Waals surface area contributed by atoms with Gasteiger partial charge in [0.2, 0.25) is 0 Å². The van der Waals surface area contributed by atoms with Gasteiger partial charge in [0.15, 0.2) is 5.82 Å². The van der Waals surface area contributed by atoms with Crippen LogP contribution in [0.3, 0.4) is 0 Å². The number of allylic oxidation sites excluding steroid dienone is 1. The molecule has 0 spiro atoms. The van der Waals surface area contributed by atoms with E-state index in [2.05, 4.69) is 140 Å². The maximum atomic E-state index is 5.27. The fourth-order valence-corrected chi connectivity index (χ4v) is 7.78. The highest BCUT2D eigenvalue weighted by molar-refractivity contribution is 6.04. The molecule has 56 heavy (non-hydrogen) atoms.